The quantitative estimate of drug-likeness (QED) is 0.232. The summed E-state index contributed by atoms with van der Waals surface area (Å²) in [5, 5.41) is 12.1. The van der Waals surface area contributed by atoms with Gasteiger partial charge >= 0.3 is 11.9 Å². The molecular weight excluding hydrogens is 578 g/mol. The second kappa shape index (κ2) is 14.4. The Hall–Kier alpha value is -2.41. The number of benzene rings is 1. The molecule has 0 heterocycles. The molecule has 5 rings (SSSR count). The third-order valence-electron chi connectivity index (χ3n) is 13.2. The molecule has 4 aliphatic carbocycles. The van der Waals surface area contributed by atoms with Crippen LogP contribution in [0.15, 0.2) is 30.3 Å². The van der Waals surface area contributed by atoms with Crippen LogP contribution in [0, 0.1) is 46.3 Å². The van der Waals surface area contributed by atoms with Gasteiger partial charge in [0.05, 0.1) is 18.6 Å². The number of ether oxygens (including phenoxy) is 2. The minimum Gasteiger partial charge on any atom is -0.462 e. The van der Waals surface area contributed by atoms with E-state index in [9.17, 15) is 19.5 Å². The van der Waals surface area contributed by atoms with Crippen LogP contribution in [0.1, 0.15) is 124 Å². The lowest BCUT2D eigenvalue weighted by molar-refractivity contribution is -0.163. The van der Waals surface area contributed by atoms with Crippen molar-refractivity contribution < 1.29 is 29.0 Å². The van der Waals surface area contributed by atoms with Crippen LogP contribution >= 0.6 is 0 Å². The number of carbonyl (C=O) groups is 3. The van der Waals surface area contributed by atoms with Crippen LogP contribution in [0.3, 0.4) is 0 Å². The highest BCUT2D eigenvalue weighted by Gasteiger charge is 2.60. The smallest absolute Gasteiger partial charge is 0.306 e. The fraction of sp³-hybridized carbons (Fsp3) is 0.769. The van der Waals surface area contributed by atoms with E-state index in [4.69, 9.17) is 9.47 Å². The summed E-state index contributed by atoms with van der Waals surface area (Å²) in [6.07, 6.45) is 12.1. The molecule has 0 bridgehead atoms. The van der Waals surface area contributed by atoms with E-state index >= 15 is 0 Å². The van der Waals surface area contributed by atoms with Crippen LogP contribution in [0.25, 0.3) is 0 Å². The minimum atomic E-state index is -0.694. The SMILES string of the molecule is C[C@H](CCC(=O)OCc1ccccc1)[C@H]1CC[C@H]2[C@@H]3CCC4C[C@@H](OC(=O)CCC(=O)NC(C)(C)CO)CC[C@]4(C)[C@H]3CC[C@]12C. The number of rotatable bonds is 12. The van der Waals surface area contributed by atoms with E-state index in [0.29, 0.717) is 41.6 Å². The van der Waals surface area contributed by atoms with Crippen molar-refractivity contribution in [3.63, 3.8) is 0 Å². The van der Waals surface area contributed by atoms with Gasteiger partial charge in [-0.15, -0.1) is 0 Å². The number of aliphatic hydroxyl groups excluding tert-OH is 1. The standard InChI is InChI=1S/C39H59NO6/c1-26(11-17-35(43)45-24-27-9-7-6-8-10-27)31-14-15-32-30-13-12-28-23-29(19-21-38(28,4)33(30)20-22-39(31,32)5)46-36(44)18-16-34(42)40-37(2,3)25-41/h6-10,26,28-33,41H,11-25H2,1-5H3,(H,40,42)/t26-,28?,29+,30+,31-,32+,33+,38+,39-/m1/s1. The third kappa shape index (κ3) is 7.66. The highest BCUT2D eigenvalue weighted by molar-refractivity contribution is 5.81. The molecule has 7 heteroatoms. The minimum absolute atomic E-state index is 0.0518. The Labute approximate surface area is 277 Å². The van der Waals surface area contributed by atoms with E-state index < -0.39 is 5.54 Å². The summed E-state index contributed by atoms with van der Waals surface area (Å²) in [5.41, 5.74) is 0.990. The van der Waals surface area contributed by atoms with Crippen LogP contribution in [0.2, 0.25) is 0 Å². The summed E-state index contributed by atoms with van der Waals surface area (Å²) in [6.45, 7) is 11.2. The molecular formula is C39H59NO6. The van der Waals surface area contributed by atoms with Crippen molar-refractivity contribution >= 4 is 17.8 Å². The molecule has 4 fully saturated rings. The predicted molar refractivity (Wildman–Crippen MR) is 178 cm³/mol. The molecule has 7 nitrogen and oxygen atoms in total. The fourth-order valence-electron chi connectivity index (χ4n) is 10.6. The van der Waals surface area contributed by atoms with Crippen LogP contribution < -0.4 is 5.32 Å². The van der Waals surface area contributed by atoms with Gasteiger partial charge in [-0.05, 0) is 130 Å². The Bertz CT molecular complexity index is 1220. The molecule has 0 aliphatic heterocycles. The van der Waals surface area contributed by atoms with Gasteiger partial charge < -0.3 is 19.9 Å². The molecule has 1 aromatic carbocycles. The summed E-state index contributed by atoms with van der Waals surface area (Å²) in [6, 6.07) is 9.91. The average molecular weight is 638 g/mol. The number of fused-ring (bicyclic) bond motifs is 5. The zero-order chi connectivity index (χ0) is 33.1. The van der Waals surface area contributed by atoms with Crippen molar-refractivity contribution in [2.24, 2.45) is 46.3 Å². The third-order valence-corrected chi connectivity index (χ3v) is 13.2. The summed E-state index contributed by atoms with van der Waals surface area (Å²) >= 11 is 0. The van der Waals surface area contributed by atoms with E-state index in [1.807, 2.05) is 30.3 Å². The van der Waals surface area contributed by atoms with Crippen molar-refractivity contribution in [3.05, 3.63) is 35.9 Å². The highest BCUT2D eigenvalue weighted by Crippen LogP contribution is 2.68. The molecule has 256 valence electrons. The second-order valence-corrected chi connectivity index (χ2v) is 16.5. The average Bonchev–Trinajstić information content (AvgIpc) is 3.39. The van der Waals surface area contributed by atoms with Gasteiger partial charge in [0.25, 0.3) is 0 Å². The topological polar surface area (TPSA) is 102 Å². The van der Waals surface area contributed by atoms with E-state index in [1.165, 1.54) is 38.5 Å². The molecule has 0 radical (unpaired) electrons. The summed E-state index contributed by atoms with van der Waals surface area (Å²) in [4.78, 5) is 37.5. The van der Waals surface area contributed by atoms with Gasteiger partial charge in [-0.1, -0.05) is 51.1 Å². The first-order valence-corrected chi connectivity index (χ1v) is 18.2. The molecule has 0 spiro atoms. The van der Waals surface area contributed by atoms with Crippen molar-refractivity contribution in [1.29, 1.82) is 0 Å². The highest BCUT2D eigenvalue weighted by atomic mass is 16.5. The summed E-state index contributed by atoms with van der Waals surface area (Å²) in [5.74, 6) is 3.42. The van der Waals surface area contributed by atoms with E-state index in [-0.39, 0.29) is 43.4 Å². The molecule has 46 heavy (non-hydrogen) atoms. The maximum absolute atomic E-state index is 12.7. The molecule has 2 N–H and O–H groups in total. The fourth-order valence-corrected chi connectivity index (χ4v) is 10.6. The Kier molecular flexibility index (Phi) is 10.9. The van der Waals surface area contributed by atoms with Gasteiger partial charge in [0.2, 0.25) is 5.91 Å². The van der Waals surface area contributed by atoms with Gasteiger partial charge in [-0.2, -0.15) is 0 Å². The predicted octanol–water partition coefficient (Wildman–Crippen LogP) is 7.38. The van der Waals surface area contributed by atoms with Crippen molar-refractivity contribution in [2.75, 3.05) is 6.61 Å². The van der Waals surface area contributed by atoms with Gasteiger partial charge in [0.15, 0.2) is 0 Å². The number of aliphatic hydroxyl groups is 1. The first-order chi connectivity index (χ1) is 21.8. The van der Waals surface area contributed by atoms with E-state index in [2.05, 4.69) is 26.1 Å². The number of amides is 1. The summed E-state index contributed by atoms with van der Waals surface area (Å²) in [7, 11) is 0. The number of nitrogens with one attached hydrogen (secondary N) is 1. The summed E-state index contributed by atoms with van der Waals surface area (Å²) < 4.78 is 11.5. The van der Waals surface area contributed by atoms with Crippen molar-refractivity contribution in [1.82, 2.24) is 5.32 Å². The second-order valence-electron chi connectivity index (χ2n) is 16.5. The number of hydrogen-bond acceptors (Lipinski definition) is 6. The van der Waals surface area contributed by atoms with Gasteiger partial charge in [-0.25, -0.2) is 0 Å². The van der Waals surface area contributed by atoms with Crippen molar-refractivity contribution in [3.8, 4) is 0 Å². The Balaban J connectivity index is 1.10. The lowest BCUT2D eigenvalue weighted by atomic mass is 9.44. The maximum atomic E-state index is 12.7. The lowest BCUT2D eigenvalue weighted by Gasteiger charge is -2.61. The Morgan fingerprint density at radius 3 is 2.37 bits per heavy atom. The number of hydrogen-bond donors (Lipinski definition) is 2. The van der Waals surface area contributed by atoms with Crippen LogP contribution in [0.4, 0.5) is 0 Å². The van der Waals surface area contributed by atoms with E-state index in [0.717, 1.165) is 49.0 Å². The molecule has 1 amide bonds. The Morgan fingerprint density at radius 2 is 1.63 bits per heavy atom. The molecule has 4 aliphatic rings. The zero-order valence-electron chi connectivity index (χ0n) is 29.0. The number of esters is 2. The van der Waals surface area contributed by atoms with Crippen molar-refractivity contribution in [2.45, 2.75) is 136 Å². The van der Waals surface area contributed by atoms with Crippen LogP contribution in [0.5, 0.6) is 0 Å². The molecule has 1 unspecified atom stereocenters. The molecule has 0 aromatic heterocycles. The van der Waals surface area contributed by atoms with Gasteiger partial charge in [0.1, 0.15) is 12.7 Å². The van der Waals surface area contributed by atoms with Crippen LogP contribution in [-0.2, 0) is 30.5 Å². The monoisotopic (exact) mass is 637 g/mol. The first-order valence-electron chi connectivity index (χ1n) is 18.2. The van der Waals surface area contributed by atoms with Gasteiger partial charge in [-0.3, -0.25) is 14.4 Å². The normalized spacial score (nSPS) is 34.4. The zero-order valence-corrected chi connectivity index (χ0v) is 29.0. The maximum Gasteiger partial charge on any atom is 0.306 e. The lowest BCUT2D eigenvalue weighted by Crippen LogP contribution is -2.54. The molecule has 1 aromatic rings. The number of carbonyl (C=O) groups excluding carboxylic acids is 3. The molecule has 9 atom stereocenters. The molecule has 0 saturated heterocycles. The van der Waals surface area contributed by atoms with Gasteiger partial charge in [0, 0.05) is 12.8 Å². The first kappa shape index (κ1) is 34.9. The van der Waals surface area contributed by atoms with Crippen LogP contribution in [-0.4, -0.2) is 41.2 Å². The van der Waals surface area contributed by atoms with E-state index in [1.54, 1.807) is 13.8 Å². The Morgan fingerprint density at radius 1 is 0.913 bits per heavy atom. The largest absolute Gasteiger partial charge is 0.462 e. The molecule has 4 saturated carbocycles.